The third-order valence-corrected chi connectivity index (χ3v) is 0.723. The molecule has 0 aromatic carbocycles. The van der Waals surface area contributed by atoms with Gasteiger partial charge in [0.15, 0.2) is 0 Å². The Morgan fingerprint density at radius 1 is 1.50 bits per heavy atom. The molecule has 0 bridgehead atoms. The van der Waals surface area contributed by atoms with Crippen LogP contribution >= 0.6 is 0 Å². The summed E-state index contributed by atoms with van der Waals surface area (Å²) in [5, 5.41) is 0. The van der Waals surface area contributed by atoms with Crippen LogP contribution in [0.2, 0.25) is 0 Å². The Morgan fingerprint density at radius 3 is 2.00 bits per heavy atom. The maximum absolute atomic E-state index is 11.0. The average molecular weight is 108 g/mol. The van der Waals surface area contributed by atoms with E-state index in [1.54, 1.807) is 0 Å². The normalized spacial score (nSPS) is 11.8. The summed E-state index contributed by atoms with van der Waals surface area (Å²) in [4.78, 5) is 0. The third-order valence-electron chi connectivity index (χ3n) is 0.338. The van der Waals surface area contributed by atoms with Gasteiger partial charge in [-0.1, -0.05) is 0 Å². The van der Waals surface area contributed by atoms with Crippen LogP contribution < -0.4 is 0 Å². The third kappa shape index (κ3) is 3.82. The van der Waals surface area contributed by atoms with Gasteiger partial charge in [-0.05, 0) is 6.08 Å². The van der Waals surface area contributed by atoms with Gasteiger partial charge in [-0.25, -0.2) is 8.78 Å². The first-order valence-electron chi connectivity index (χ1n) is 1.68. The van der Waals surface area contributed by atoms with Gasteiger partial charge in [-0.2, -0.15) is 0 Å². The Bertz CT molecular complexity index is 50.8. The Labute approximate surface area is 38.3 Å². The molecule has 0 aliphatic rings. The van der Waals surface area contributed by atoms with Gasteiger partial charge in [0, 0.05) is 10.2 Å². The van der Waals surface area contributed by atoms with E-state index in [2.05, 4.69) is 0 Å². The van der Waals surface area contributed by atoms with Crippen molar-refractivity contribution in [3.63, 3.8) is 0 Å². The van der Waals surface area contributed by atoms with Gasteiger partial charge in [0.1, 0.15) is 0 Å². The molecule has 0 aromatic heterocycles. The molecule has 0 amide bonds. The smallest absolute Gasteiger partial charge is 0.206 e. The number of rotatable bonds is 1. The van der Waals surface area contributed by atoms with Crippen molar-refractivity contribution in [3.05, 3.63) is 11.8 Å². The first-order chi connectivity index (χ1) is 2.77. The molecule has 0 saturated carbocycles. The van der Waals surface area contributed by atoms with Crippen LogP contribution in [0.5, 0.6) is 0 Å². The average Bonchev–Trinajstić information content (AvgIpc) is 1.35. The summed E-state index contributed by atoms with van der Waals surface area (Å²) in [5.74, 6) is 0. The van der Waals surface area contributed by atoms with Gasteiger partial charge >= 0.3 is 0 Å². The second-order valence-corrected chi connectivity index (χ2v) is 1.53. The van der Waals surface area contributed by atoms with Crippen LogP contribution in [0.4, 0.5) is 8.78 Å². The summed E-state index contributed by atoms with van der Waals surface area (Å²) < 4.78 is 21.9. The van der Waals surface area contributed by atoms with Crippen LogP contribution in [0.1, 0.15) is 0 Å². The summed E-state index contributed by atoms with van der Waals surface area (Å²) in [6, 6.07) is 0. The van der Waals surface area contributed by atoms with Crippen molar-refractivity contribution < 1.29 is 8.78 Å². The molecule has 0 N–H and O–H groups in total. The number of alkyl halides is 2. The van der Waals surface area contributed by atoms with Gasteiger partial charge in [-0.15, -0.1) is 5.70 Å². The molecule has 0 heterocycles. The molecular formula is C3H6F2Si. The molecule has 0 spiro atoms. The molecule has 36 valence electrons. The minimum atomic E-state index is -2.25. The van der Waals surface area contributed by atoms with Crippen molar-refractivity contribution in [1.29, 1.82) is 0 Å². The van der Waals surface area contributed by atoms with Gasteiger partial charge in [0.2, 0.25) is 0 Å². The molecule has 0 aromatic rings. The molecule has 0 saturated heterocycles. The van der Waals surface area contributed by atoms with Crippen LogP contribution in [0.15, 0.2) is 11.8 Å². The summed E-state index contributed by atoms with van der Waals surface area (Å²) in [6.45, 7) is 0. The number of hydrogen-bond donors (Lipinski definition) is 0. The van der Waals surface area contributed by atoms with E-state index in [-0.39, 0.29) is 0 Å². The Hall–Kier alpha value is -0.183. The van der Waals surface area contributed by atoms with E-state index in [1.165, 1.54) is 5.70 Å². The minimum Gasteiger partial charge on any atom is -0.206 e. The maximum atomic E-state index is 11.0. The Morgan fingerprint density at radius 2 is 2.00 bits per heavy atom. The summed E-state index contributed by atoms with van der Waals surface area (Å²) >= 11 is 0. The van der Waals surface area contributed by atoms with E-state index in [0.29, 0.717) is 0 Å². The first kappa shape index (κ1) is 5.82. The van der Waals surface area contributed by atoms with E-state index in [4.69, 9.17) is 0 Å². The van der Waals surface area contributed by atoms with Crippen LogP contribution in [0, 0.1) is 0 Å². The highest BCUT2D eigenvalue weighted by atomic mass is 28.1. The molecule has 0 unspecified atom stereocenters. The van der Waals surface area contributed by atoms with Gasteiger partial charge in [-0.3, -0.25) is 0 Å². The fourth-order valence-electron chi connectivity index (χ4n) is 0.145. The van der Waals surface area contributed by atoms with Crippen molar-refractivity contribution in [2.45, 2.75) is 6.43 Å². The number of halogens is 2. The highest BCUT2D eigenvalue weighted by Crippen LogP contribution is 1.89. The van der Waals surface area contributed by atoms with Crippen molar-refractivity contribution >= 4 is 10.2 Å². The lowest BCUT2D eigenvalue weighted by Gasteiger charge is -1.78. The highest BCUT2D eigenvalue weighted by molar-refractivity contribution is 6.16. The van der Waals surface area contributed by atoms with Crippen LogP contribution in [0.25, 0.3) is 0 Å². The largest absolute Gasteiger partial charge is 0.256 e. The van der Waals surface area contributed by atoms with Gasteiger partial charge in [0.05, 0.1) is 0 Å². The van der Waals surface area contributed by atoms with Crippen molar-refractivity contribution in [1.82, 2.24) is 0 Å². The summed E-state index contributed by atoms with van der Waals surface area (Å²) in [7, 11) is 0.726. The van der Waals surface area contributed by atoms with Crippen molar-refractivity contribution in [3.8, 4) is 0 Å². The van der Waals surface area contributed by atoms with Crippen LogP contribution in [-0.4, -0.2) is 16.7 Å². The fourth-order valence-corrected chi connectivity index (χ4v) is 0.436. The predicted molar refractivity (Wildman–Crippen MR) is 25.1 cm³/mol. The Balaban J connectivity index is 3.03. The molecule has 6 heavy (non-hydrogen) atoms. The second-order valence-electron chi connectivity index (χ2n) is 0.860. The zero-order valence-corrected chi connectivity index (χ0v) is 5.49. The zero-order valence-electron chi connectivity index (χ0n) is 3.49. The van der Waals surface area contributed by atoms with Crippen LogP contribution in [0.3, 0.4) is 0 Å². The standard InChI is InChI=1S/C3H6F2Si/c4-3(5)1-2-6/h1-3H,6H3. The molecule has 0 nitrogen and oxygen atoms in total. The second kappa shape index (κ2) is 3.02. The minimum absolute atomic E-state index is 0.726. The predicted octanol–water partition coefficient (Wildman–Crippen LogP) is 0.131. The summed E-state index contributed by atoms with van der Waals surface area (Å²) in [6.07, 6.45) is -1.35. The summed E-state index contributed by atoms with van der Waals surface area (Å²) in [5.41, 5.74) is 1.46. The molecule has 0 fully saturated rings. The van der Waals surface area contributed by atoms with Crippen molar-refractivity contribution in [2.24, 2.45) is 0 Å². The molecule has 0 radical (unpaired) electrons. The molecule has 0 atom stereocenters. The molecular weight excluding hydrogens is 102 g/mol. The van der Waals surface area contributed by atoms with E-state index in [0.717, 1.165) is 16.3 Å². The molecule has 0 rings (SSSR count). The number of hydrogen-bond acceptors (Lipinski definition) is 0. The van der Waals surface area contributed by atoms with E-state index in [1.807, 2.05) is 0 Å². The van der Waals surface area contributed by atoms with E-state index in [9.17, 15) is 8.78 Å². The monoisotopic (exact) mass is 108 g/mol. The fraction of sp³-hybridized carbons (Fsp3) is 0.333. The van der Waals surface area contributed by atoms with Gasteiger partial charge < -0.3 is 0 Å². The quantitative estimate of drug-likeness (QED) is 0.419. The Kier molecular flexibility index (Phi) is 2.93. The maximum Gasteiger partial charge on any atom is 0.256 e. The SMILES string of the molecule is FC(F)C=C[SiH3]. The molecule has 0 aliphatic heterocycles. The van der Waals surface area contributed by atoms with E-state index < -0.39 is 6.43 Å². The highest BCUT2D eigenvalue weighted by Gasteiger charge is 1.87. The van der Waals surface area contributed by atoms with Crippen LogP contribution in [-0.2, 0) is 0 Å². The molecule has 3 heteroatoms. The lowest BCUT2D eigenvalue weighted by atomic mass is 10.7. The lowest BCUT2D eigenvalue weighted by molar-refractivity contribution is 0.204. The molecule has 0 aliphatic carbocycles. The van der Waals surface area contributed by atoms with E-state index >= 15 is 0 Å². The first-order valence-corrected chi connectivity index (χ1v) is 2.84. The topological polar surface area (TPSA) is 0 Å². The van der Waals surface area contributed by atoms with Crippen molar-refractivity contribution in [2.75, 3.05) is 0 Å². The van der Waals surface area contributed by atoms with Gasteiger partial charge in [0.25, 0.3) is 6.43 Å². The lowest BCUT2D eigenvalue weighted by Crippen LogP contribution is -1.77. The number of allylic oxidation sites excluding steroid dienone is 1. The zero-order chi connectivity index (χ0) is 4.99.